The number of amides is 2. The number of rotatable bonds is 10. The maximum Gasteiger partial charge on any atom is 0.324 e. The van der Waals surface area contributed by atoms with Gasteiger partial charge in [0.25, 0.3) is 0 Å². The normalized spacial score (nSPS) is 11.7. The van der Waals surface area contributed by atoms with Crippen LogP contribution in [0.5, 0.6) is 11.6 Å². The third kappa shape index (κ3) is 7.69. The maximum absolute atomic E-state index is 13.5. The number of carbonyl (C=O) groups is 1. The van der Waals surface area contributed by atoms with Crippen molar-refractivity contribution in [2.75, 3.05) is 24.0 Å². The Morgan fingerprint density at radius 3 is 2.57 bits per heavy atom. The quantitative estimate of drug-likeness (QED) is 0.121. The van der Waals surface area contributed by atoms with E-state index < -0.39 is 13.2 Å². The summed E-state index contributed by atoms with van der Waals surface area (Å²) in [6.07, 6.45) is 4.54. The second kappa shape index (κ2) is 13.8. The standard InChI is InChI=1S/C39H39N8O3P/c1-24(2)33-21-36(47(46-33)29-10-8-9-26(19-29)23-51(4,5)49)44-39(48)42-32-13-14-34(31-12-7-6-11-30(31)32)50-37-15-16-40-35(43-37)20-27-17-25(3)38-28(18-27)22-41-45-38/h6-19,21-22,24H,20,23H2,1-5H3,(H,41,45)(H2,42,44,48). The Morgan fingerprint density at radius 2 is 1.76 bits per heavy atom. The lowest BCUT2D eigenvalue weighted by molar-refractivity contribution is 0.262. The molecule has 3 heterocycles. The van der Waals surface area contributed by atoms with E-state index in [0.717, 1.165) is 49.7 Å². The summed E-state index contributed by atoms with van der Waals surface area (Å²) in [4.78, 5) is 22.7. The van der Waals surface area contributed by atoms with Gasteiger partial charge >= 0.3 is 6.03 Å². The molecule has 0 aliphatic rings. The summed E-state index contributed by atoms with van der Waals surface area (Å²) < 4.78 is 20.6. The van der Waals surface area contributed by atoms with Gasteiger partial charge in [0.1, 0.15) is 17.4 Å². The molecule has 0 atom stereocenters. The van der Waals surface area contributed by atoms with Crippen LogP contribution in [-0.4, -0.2) is 49.3 Å². The minimum absolute atomic E-state index is 0.141. The zero-order valence-electron chi connectivity index (χ0n) is 29.1. The van der Waals surface area contributed by atoms with Gasteiger partial charge in [0, 0.05) is 47.1 Å². The van der Waals surface area contributed by atoms with Crippen molar-refractivity contribution in [1.82, 2.24) is 29.9 Å². The highest BCUT2D eigenvalue weighted by Gasteiger charge is 2.18. The topological polar surface area (TPSA) is 140 Å². The molecule has 0 fully saturated rings. The lowest BCUT2D eigenvalue weighted by Crippen LogP contribution is -2.21. The molecular formula is C39H39N8O3P. The Morgan fingerprint density at radius 1 is 0.941 bits per heavy atom. The van der Waals surface area contributed by atoms with E-state index in [9.17, 15) is 9.36 Å². The number of nitrogens with one attached hydrogen (secondary N) is 3. The van der Waals surface area contributed by atoms with Crippen molar-refractivity contribution >= 4 is 46.4 Å². The second-order valence-electron chi connectivity index (χ2n) is 13.5. The second-order valence-corrected chi connectivity index (χ2v) is 17.0. The van der Waals surface area contributed by atoms with Gasteiger partial charge in [-0.15, -0.1) is 0 Å². The highest BCUT2D eigenvalue weighted by molar-refractivity contribution is 7.61. The molecule has 0 bridgehead atoms. The summed E-state index contributed by atoms with van der Waals surface area (Å²) in [7, 11) is -2.28. The van der Waals surface area contributed by atoms with Crippen molar-refractivity contribution in [3.05, 3.63) is 126 Å². The summed E-state index contributed by atoms with van der Waals surface area (Å²) >= 11 is 0. The Hall–Kier alpha value is -5.80. The van der Waals surface area contributed by atoms with Crippen LogP contribution < -0.4 is 15.4 Å². The zero-order valence-corrected chi connectivity index (χ0v) is 30.0. The summed E-state index contributed by atoms with van der Waals surface area (Å²) in [6, 6.07) is 26.5. The SMILES string of the molecule is Cc1cc(Cc2nccc(Oc3ccc(NC(=O)Nc4cc(C(C)C)nn4-c4cccc(CP(C)(C)=O)c4)c4ccccc34)n2)cc2cn[nH]c12. The van der Waals surface area contributed by atoms with E-state index in [1.165, 1.54) is 0 Å². The molecule has 7 rings (SSSR count). The molecule has 11 nitrogen and oxygen atoms in total. The summed E-state index contributed by atoms with van der Waals surface area (Å²) in [6.45, 7) is 9.72. The van der Waals surface area contributed by atoms with Crippen molar-refractivity contribution in [2.45, 2.75) is 39.3 Å². The van der Waals surface area contributed by atoms with Crippen molar-refractivity contribution < 1.29 is 14.1 Å². The van der Waals surface area contributed by atoms with E-state index in [4.69, 9.17) is 14.8 Å². The van der Waals surface area contributed by atoms with Crippen LogP contribution >= 0.6 is 7.14 Å². The van der Waals surface area contributed by atoms with E-state index in [1.54, 1.807) is 30.3 Å². The Kier molecular flexibility index (Phi) is 9.14. The number of ether oxygens (including phenoxy) is 1. The fraction of sp³-hybridized carbons (Fsp3) is 0.205. The molecular weight excluding hydrogens is 659 g/mol. The minimum atomic E-state index is -2.28. The van der Waals surface area contributed by atoms with E-state index >= 15 is 0 Å². The number of urea groups is 1. The van der Waals surface area contributed by atoms with Gasteiger partial charge in [-0.25, -0.2) is 14.5 Å². The van der Waals surface area contributed by atoms with Crippen LogP contribution in [-0.2, 0) is 17.1 Å². The molecule has 3 N–H and O–H groups in total. The Balaban J connectivity index is 1.11. The third-order valence-electron chi connectivity index (χ3n) is 8.47. The molecule has 12 heteroatoms. The lowest BCUT2D eigenvalue weighted by Gasteiger charge is -2.14. The molecule has 258 valence electrons. The Bertz CT molecular complexity index is 2450. The number of aromatic amines is 1. The van der Waals surface area contributed by atoms with E-state index in [2.05, 4.69) is 58.7 Å². The monoisotopic (exact) mass is 698 g/mol. The Labute approximate surface area is 295 Å². The molecule has 0 saturated heterocycles. The van der Waals surface area contributed by atoms with Gasteiger partial charge in [-0.3, -0.25) is 10.4 Å². The van der Waals surface area contributed by atoms with Gasteiger partial charge in [-0.2, -0.15) is 15.2 Å². The fourth-order valence-corrected chi connectivity index (χ4v) is 7.24. The lowest BCUT2D eigenvalue weighted by atomic mass is 10.1. The maximum atomic E-state index is 13.5. The number of aromatic nitrogens is 6. The molecule has 0 radical (unpaired) electrons. The van der Waals surface area contributed by atoms with Crippen molar-refractivity contribution in [1.29, 1.82) is 0 Å². The first kappa shape index (κ1) is 33.7. The number of aryl methyl sites for hydroxylation is 1. The van der Waals surface area contributed by atoms with Crippen LogP contribution in [0.15, 0.2) is 97.3 Å². The first-order valence-electron chi connectivity index (χ1n) is 16.7. The number of hydrogen-bond donors (Lipinski definition) is 3. The number of fused-ring (bicyclic) bond motifs is 2. The van der Waals surface area contributed by atoms with E-state index in [0.29, 0.717) is 41.5 Å². The zero-order chi connectivity index (χ0) is 35.7. The van der Waals surface area contributed by atoms with Crippen LogP contribution in [0.3, 0.4) is 0 Å². The van der Waals surface area contributed by atoms with Gasteiger partial charge in [0.2, 0.25) is 5.88 Å². The van der Waals surface area contributed by atoms with Gasteiger partial charge < -0.3 is 14.6 Å². The minimum Gasteiger partial charge on any atom is -0.438 e. The predicted octanol–water partition coefficient (Wildman–Crippen LogP) is 9.27. The van der Waals surface area contributed by atoms with Crippen LogP contribution in [0.2, 0.25) is 0 Å². The summed E-state index contributed by atoms with van der Waals surface area (Å²) in [5.41, 5.74) is 6.39. The van der Waals surface area contributed by atoms with E-state index in [1.807, 2.05) is 72.9 Å². The number of anilines is 2. The van der Waals surface area contributed by atoms with Crippen molar-refractivity contribution in [2.24, 2.45) is 0 Å². The number of nitrogens with zero attached hydrogens (tertiary/aromatic N) is 5. The highest BCUT2D eigenvalue weighted by atomic mass is 31.2. The van der Waals surface area contributed by atoms with Crippen LogP contribution in [0.1, 0.15) is 48.0 Å². The average Bonchev–Trinajstić information content (AvgIpc) is 3.73. The first-order valence-corrected chi connectivity index (χ1v) is 19.5. The highest BCUT2D eigenvalue weighted by Crippen LogP contribution is 2.40. The summed E-state index contributed by atoms with van der Waals surface area (Å²) in [5.74, 6) is 2.32. The molecule has 0 saturated carbocycles. The number of hydrogen-bond acceptors (Lipinski definition) is 7. The molecule has 0 spiro atoms. The fourth-order valence-electron chi connectivity index (χ4n) is 6.17. The molecule has 7 aromatic rings. The van der Waals surface area contributed by atoms with Gasteiger partial charge in [0.05, 0.1) is 35.9 Å². The number of benzene rings is 4. The number of H-pyrrole nitrogens is 1. The van der Waals surface area contributed by atoms with Crippen LogP contribution in [0.25, 0.3) is 27.4 Å². The van der Waals surface area contributed by atoms with Crippen LogP contribution in [0.4, 0.5) is 16.3 Å². The van der Waals surface area contributed by atoms with Gasteiger partial charge in [-0.05, 0) is 73.2 Å². The van der Waals surface area contributed by atoms with Gasteiger partial charge in [0.15, 0.2) is 0 Å². The average molecular weight is 699 g/mol. The van der Waals surface area contributed by atoms with E-state index in [-0.39, 0.29) is 5.92 Å². The largest absolute Gasteiger partial charge is 0.438 e. The smallest absolute Gasteiger partial charge is 0.324 e. The first-order chi connectivity index (χ1) is 24.5. The predicted molar refractivity (Wildman–Crippen MR) is 203 cm³/mol. The molecule has 0 aliphatic heterocycles. The van der Waals surface area contributed by atoms with Crippen molar-refractivity contribution in [3.8, 4) is 17.3 Å². The molecule has 4 aromatic carbocycles. The van der Waals surface area contributed by atoms with Crippen molar-refractivity contribution in [3.63, 3.8) is 0 Å². The third-order valence-corrected chi connectivity index (χ3v) is 9.60. The number of carbonyl (C=O) groups excluding carboxylic acids is 1. The molecule has 51 heavy (non-hydrogen) atoms. The molecule has 2 amide bonds. The summed E-state index contributed by atoms with van der Waals surface area (Å²) in [5, 5.41) is 20.7. The molecule has 3 aromatic heterocycles. The van der Waals surface area contributed by atoms with Crippen LogP contribution in [0, 0.1) is 6.92 Å². The molecule has 0 unspecified atom stereocenters. The molecule has 0 aliphatic carbocycles. The van der Waals surface area contributed by atoms with Gasteiger partial charge in [-0.1, -0.05) is 56.3 Å².